The van der Waals surface area contributed by atoms with E-state index in [1.165, 1.54) is 0 Å². The summed E-state index contributed by atoms with van der Waals surface area (Å²) >= 11 is 0. The van der Waals surface area contributed by atoms with E-state index >= 15 is 0 Å². The number of hydrogen-bond donors (Lipinski definition) is 0. The molecule has 1 aliphatic carbocycles. The highest BCUT2D eigenvalue weighted by Crippen LogP contribution is 2.28. The number of oxazole rings is 1. The molecule has 0 unspecified atom stereocenters. The van der Waals surface area contributed by atoms with Crippen LogP contribution in [-0.2, 0) is 14.3 Å². The number of anilines is 1. The maximum absolute atomic E-state index is 12.5. The number of nitrogens with zero attached hydrogens (tertiary/aromatic N) is 3. The third kappa shape index (κ3) is 4.60. The average molecular weight is 414 g/mol. The van der Waals surface area contributed by atoms with E-state index in [1.54, 1.807) is 4.90 Å². The van der Waals surface area contributed by atoms with Gasteiger partial charge < -0.3 is 19.0 Å². The van der Waals surface area contributed by atoms with Gasteiger partial charge in [0.15, 0.2) is 12.2 Å². The van der Waals surface area contributed by atoms with Crippen LogP contribution in [-0.4, -0.2) is 54.5 Å². The summed E-state index contributed by atoms with van der Waals surface area (Å²) in [6, 6.07) is 8.55. The Kier molecular flexibility index (Phi) is 6.25. The van der Waals surface area contributed by atoms with Crippen LogP contribution in [0.4, 0.5) is 6.01 Å². The van der Waals surface area contributed by atoms with Crippen LogP contribution in [0.15, 0.2) is 28.7 Å². The highest BCUT2D eigenvalue weighted by atomic mass is 16.5. The number of benzene rings is 1. The molecule has 1 aliphatic heterocycles. The van der Waals surface area contributed by atoms with Crippen LogP contribution < -0.4 is 4.90 Å². The minimum Gasteiger partial charge on any atom is -0.455 e. The van der Waals surface area contributed by atoms with Crippen molar-refractivity contribution in [1.29, 1.82) is 0 Å². The molecule has 1 aromatic heterocycles. The molecule has 1 amide bonds. The first-order chi connectivity index (χ1) is 14.5. The van der Waals surface area contributed by atoms with Gasteiger partial charge in [0.05, 0.1) is 5.92 Å². The molecule has 0 N–H and O–H groups in total. The average Bonchev–Trinajstić information content (AvgIpc) is 3.21. The van der Waals surface area contributed by atoms with E-state index in [2.05, 4.69) is 16.8 Å². The molecule has 1 saturated carbocycles. The smallest absolute Gasteiger partial charge is 0.309 e. The minimum atomic E-state index is -0.272. The van der Waals surface area contributed by atoms with Gasteiger partial charge in [-0.3, -0.25) is 9.59 Å². The number of likely N-dealkylation sites (N-methyl/N-ethyl adjacent to an activating group) is 1. The second-order valence-corrected chi connectivity index (χ2v) is 8.75. The summed E-state index contributed by atoms with van der Waals surface area (Å²) < 4.78 is 11.2. The first-order valence-electron chi connectivity index (χ1n) is 11.0. The summed E-state index contributed by atoms with van der Waals surface area (Å²) in [5, 5.41) is 0. The number of ether oxygens (including phenoxy) is 1. The van der Waals surface area contributed by atoms with Gasteiger partial charge in [-0.05, 0) is 56.6 Å². The van der Waals surface area contributed by atoms with Crippen molar-refractivity contribution in [2.75, 3.05) is 31.6 Å². The second-order valence-electron chi connectivity index (χ2n) is 8.75. The number of carbonyl (C=O) groups is 2. The van der Waals surface area contributed by atoms with Gasteiger partial charge in [-0.25, -0.2) is 0 Å². The van der Waals surface area contributed by atoms with Gasteiger partial charge in [0.25, 0.3) is 11.9 Å². The van der Waals surface area contributed by atoms with Crippen LogP contribution >= 0.6 is 0 Å². The lowest BCUT2D eigenvalue weighted by atomic mass is 9.87. The molecule has 1 aromatic carbocycles. The van der Waals surface area contributed by atoms with E-state index in [0.717, 1.165) is 42.7 Å². The number of carbonyl (C=O) groups excluding carboxylic acids is 2. The fourth-order valence-corrected chi connectivity index (χ4v) is 4.49. The molecule has 4 rings (SSSR count). The standard InChI is InChI=1S/C23H31N3O4/c1-16-7-9-18(10-8-16)25(2)21(27)15-29-22(28)17-11-13-26(14-12-17)23-24-19-5-3-4-6-20(19)30-23/h3-6,16-18H,7-15H2,1-2H3. The fraction of sp³-hybridized carbons (Fsp3) is 0.609. The predicted octanol–water partition coefficient (Wildman–Crippen LogP) is 3.62. The van der Waals surface area contributed by atoms with E-state index in [4.69, 9.17) is 9.15 Å². The minimum absolute atomic E-state index is 0.105. The lowest BCUT2D eigenvalue weighted by molar-refractivity contribution is -0.156. The van der Waals surface area contributed by atoms with Crippen molar-refractivity contribution in [3.63, 3.8) is 0 Å². The molecule has 1 saturated heterocycles. The Bertz CT molecular complexity index is 846. The van der Waals surface area contributed by atoms with Gasteiger partial charge >= 0.3 is 5.97 Å². The SMILES string of the molecule is CC1CCC(N(C)C(=O)COC(=O)C2CCN(c3nc4ccccc4o3)CC2)CC1. The summed E-state index contributed by atoms with van der Waals surface area (Å²) in [5.41, 5.74) is 1.60. The highest BCUT2D eigenvalue weighted by molar-refractivity contribution is 5.81. The zero-order chi connectivity index (χ0) is 21.1. The number of para-hydroxylation sites is 2. The number of aromatic nitrogens is 1. The molecule has 2 heterocycles. The second kappa shape index (κ2) is 9.06. The lowest BCUT2D eigenvalue weighted by Crippen LogP contribution is -2.42. The third-order valence-electron chi connectivity index (χ3n) is 6.65. The Balaban J connectivity index is 1.23. The topological polar surface area (TPSA) is 75.9 Å². The van der Waals surface area contributed by atoms with E-state index in [-0.39, 0.29) is 30.4 Å². The van der Waals surface area contributed by atoms with E-state index < -0.39 is 0 Å². The molecular weight excluding hydrogens is 382 g/mol. The molecule has 0 spiro atoms. The maximum atomic E-state index is 12.5. The van der Waals surface area contributed by atoms with Gasteiger partial charge in [0.1, 0.15) is 5.52 Å². The molecule has 0 radical (unpaired) electrons. The van der Waals surface area contributed by atoms with Crippen LogP contribution in [0.25, 0.3) is 11.1 Å². The third-order valence-corrected chi connectivity index (χ3v) is 6.65. The van der Waals surface area contributed by atoms with Crippen LogP contribution in [0, 0.1) is 11.8 Å². The highest BCUT2D eigenvalue weighted by Gasteiger charge is 2.30. The summed E-state index contributed by atoms with van der Waals surface area (Å²) in [5.74, 6) is 0.181. The van der Waals surface area contributed by atoms with E-state index in [0.29, 0.717) is 31.9 Å². The molecule has 162 valence electrons. The molecule has 7 nitrogen and oxygen atoms in total. The van der Waals surface area contributed by atoms with Crippen molar-refractivity contribution >= 4 is 29.0 Å². The fourth-order valence-electron chi connectivity index (χ4n) is 4.49. The van der Waals surface area contributed by atoms with Gasteiger partial charge in [-0.2, -0.15) is 4.98 Å². The van der Waals surface area contributed by atoms with Crippen molar-refractivity contribution in [2.24, 2.45) is 11.8 Å². The van der Waals surface area contributed by atoms with Crippen molar-refractivity contribution in [3.8, 4) is 0 Å². The normalized spacial score (nSPS) is 22.8. The molecule has 30 heavy (non-hydrogen) atoms. The van der Waals surface area contributed by atoms with Crippen LogP contribution in [0.3, 0.4) is 0 Å². The Morgan fingerprint density at radius 2 is 1.83 bits per heavy atom. The van der Waals surface area contributed by atoms with Gasteiger partial charge in [0, 0.05) is 26.2 Å². The zero-order valence-corrected chi connectivity index (χ0v) is 17.9. The number of rotatable bonds is 5. The van der Waals surface area contributed by atoms with E-state index in [1.807, 2.05) is 31.3 Å². The molecule has 2 aromatic rings. The van der Waals surface area contributed by atoms with Crippen LogP contribution in [0.5, 0.6) is 0 Å². The molecular formula is C23H31N3O4. The summed E-state index contributed by atoms with van der Waals surface area (Å²) in [6.45, 7) is 3.46. The molecule has 7 heteroatoms. The largest absolute Gasteiger partial charge is 0.455 e. The first-order valence-corrected chi connectivity index (χ1v) is 11.0. The van der Waals surface area contributed by atoms with Gasteiger partial charge in [-0.1, -0.05) is 19.1 Å². The number of amides is 1. The number of esters is 1. The summed E-state index contributed by atoms with van der Waals surface area (Å²) in [7, 11) is 1.83. The Hall–Kier alpha value is -2.57. The molecule has 2 fully saturated rings. The predicted molar refractivity (Wildman–Crippen MR) is 114 cm³/mol. The summed E-state index contributed by atoms with van der Waals surface area (Å²) in [4.78, 5) is 33.3. The van der Waals surface area contributed by atoms with Crippen LogP contribution in [0.1, 0.15) is 45.4 Å². The maximum Gasteiger partial charge on any atom is 0.309 e. The molecule has 0 bridgehead atoms. The Morgan fingerprint density at radius 3 is 2.53 bits per heavy atom. The zero-order valence-electron chi connectivity index (χ0n) is 17.9. The van der Waals surface area contributed by atoms with Crippen molar-refractivity contribution in [2.45, 2.75) is 51.5 Å². The number of fused-ring (bicyclic) bond motifs is 1. The Morgan fingerprint density at radius 1 is 1.13 bits per heavy atom. The first kappa shape index (κ1) is 20.7. The van der Waals surface area contributed by atoms with Crippen molar-refractivity contribution in [1.82, 2.24) is 9.88 Å². The number of piperidine rings is 1. The van der Waals surface area contributed by atoms with Gasteiger partial charge in [0.2, 0.25) is 0 Å². The number of hydrogen-bond acceptors (Lipinski definition) is 6. The quantitative estimate of drug-likeness (QED) is 0.697. The van der Waals surface area contributed by atoms with Gasteiger partial charge in [-0.15, -0.1) is 0 Å². The van der Waals surface area contributed by atoms with E-state index in [9.17, 15) is 9.59 Å². The molecule has 2 aliphatic rings. The molecule has 0 atom stereocenters. The lowest BCUT2D eigenvalue weighted by Gasteiger charge is -2.33. The monoisotopic (exact) mass is 413 g/mol. The summed E-state index contributed by atoms with van der Waals surface area (Å²) in [6.07, 6.45) is 5.71. The van der Waals surface area contributed by atoms with Crippen LogP contribution in [0.2, 0.25) is 0 Å². The van der Waals surface area contributed by atoms with Crippen molar-refractivity contribution < 1.29 is 18.7 Å². The van der Waals surface area contributed by atoms with Crippen molar-refractivity contribution in [3.05, 3.63) is 24.3 Å². The Labute approximate surface area is 177 Å².